The summed E-state index contributed by atoms with van der Waals surface area (Å²) >= 11 is 3.39. The number of anilines is 1. The number of aryl methyl sites for hydroxylation is 2. The SMILES string of the molecule is Cc1ccc(C(=O)OCC(=O)Nc2ccc(Br)c(C)c2)cn1. The van der Waals surface area contributed by atoms with Crippen LogP contribution in [0.4, 0.5) is 5.69 Å². The highest BCUT2D eigenvalue weighted by Gasteiger charge is 2.11. The number of carbonyl (C=O) groups excluding carboxylic acids is 2. The van der Waals surface area contributed by atoms with Crippen LogP contribution in [0.1, 0.15) is 21.6 Å². The normalized spacial score (nSPS) is 10.1. The Morgan fingerprint density at radius 2 is 2.00 bits per heavy atom. The van der Waals surface area contributed by atoms with E-state index >= 15 is 0 Å². The van der Waals surface area contributed by atoms with E-state index in [1.54, 1.807) is 18.2 Å². The molecule has 1 aromatic carbocycles. The van der Waals surface area contributed by atoms with Gasteiger partial charge in [0, 0.05) is 22.1 Å². The zero-order chi connectivity index (χ0) is 16.1. The number of pyridine rings is 1. The first kappa shape index (κ1) is 16.2. The molecule has 1 aromatic heterocycles. The van der Waals surface area contributed by atoms with Gasteiger partial charge in [-0.05, 0) is 49.7 Å². The van der Waals surface area contributed by atoms with Crippen molar-refractivity contribution in [3.8, 4) is 0 Å². The molecule has 0 spiro atoms. The fraction of sp³-hybridized carbons (Fsp3) is 0.188. The number of esters is 1. The Morgan fingerprint density at radius 1 is 1.23 bits per heavy atom. The minimum Gasteiger partial charge on any atom is -0.452 e. The Hall–Kier alpha value is -2.21. The molecule has 0 saturated carbocycles. The summed E-state index contributed by atoms with van der Waals surface area (Å²) in [6.45, 7) is 3.40. The van der Waals surface area contributed by atoms with Crippen molar-refractivity contribution in [2.45, 2.75) is 13.8 Å². The maximum absolute atomic E-state index is 11.8. The van der Waals surface area contributed by atoms with Gasteiger partial charge in [0.25, 0.3) is 5.91 Å². The molecule has 0 aliphatic rings. The summed E-state index contributed by atoms with van der Waals surface area (Å²) in [5, 5.41) is 2.67. The summed E-state index contributed by atoms with van der Waals surface area (Å²) < 4.78 is 5.92. The third-order valence-electron chi connectivity index (χ3n) is 2.92. The van der Waals surface area contributed by atoms with Gasteiger partial charge in [0.1, 0.15) is 0 Å². The van der Waals surface area contributed by atoms with E-state index in [-0.39, 0.29) is 6.61 Å². The average Bonchev–Trinajstić information content (AvgIpc) is 2.49. The number of halogens is 1. The zero-order valence-electron chi connectivity index (χ0n) is 12.2. The highest BCUT2D eigenvalue weighted by Crippen LogP contribution is 2.19. The topological polar surface area (TPSA) is 68.3 Å². The Bertz CT molecular complexity index is 699. The van der Waals surface area contributed by atoms with Crippen molar-refractivity contribution in [1.29, 1.82) is 0 Å². The molecule has 2 aromatic rings. The molecule has 1 N–H and O–H groups in total. The second-order valence-electron chi connectivity index (χ2n) is 4.78. The van der Waals surface area contributed by atoms with E-state index < -0.39 is 11.9 Å². The molecule has 1 amide bonds. The molecule has 5 nitrogen and oxygen atoms in total. The maximum atomic E-state index is 11.8. The number of ether oxygens (including phenoxy) is 1. The number of benzene rings is 1. The molecule has 2 rings (SSSR count). The highest BCUT2D eigenvalue weighted by molar-refractivity contribution is 9.10. The molecule has 0 unspecified atom stereocenters. The zero-order valence-corrected chi connectivity index (χ0v) is 13.8. The van der Waals surface area contributed by atoms with Crippen molar-refractivity contribution < 1.29 is 14.3 Å². The van der Waals surface area contributed by atoms with Crippen LogP contribution in [-0.4, -0.2) is 23.5 Å². The monoisotopic (exact) mass is 362 g/mol. The fourth-order valence-corrected chi connectivity index (χ4v) is 1.97. The smallest absolute Gasteiger partial charge is 0.340 e. The Kier molecular flexibility index (Phi) is 5.27. The van der Waals surface area contributed by atoms with Crippen LogP contribution in [0.5, 0.6) is 0 Å². The molecule has 0 atom stereocenters. The van der Waals surface area contributed by atoms with Crippen molar-refractivity contribution >= 4 is 33.5 Å². The molecule has 6 heteroatoms. The van der Waals surface area contributed by atoms with Gasteiger partial charge in [0.15, 0.2) is 6.61 Å². The van der Waals surface area contributed by atoms with E-state index in [0.717, 1.165) is 15.7 Å². The summed E-state index contributed by atoms with van der Waals surface area (Å²) in [5.41, 5.74) is 2.78. The molecular weight excluding hydrogens is 348 g/mol. The van der Waals surface area contributed by atoms with Gasteiger partial charge in [-0.25, -0.2) is 4.79 Å². The lowest BCUT2D eigenvalue weighted by Gasteiger charge is -2.08. The van der Waals surface area contributed by atoms with E-state index in [1.807, 2.05) is 26.0 Å². The molecule has 22 heavy (non-hydrogen) atoms. The van der Waals surface area contributed by atoms with Crippen LogP contribution in [0.2, 0.25) is 0 Å². The number of nitrogens with zero attached hydrogens (tertiary/aromatic N) is 1. The lowest BCUT2D eigenvalue weighted by molar-refractivity contribution is -0.119. The number of amides is 1. The molecule has 0 saturated heterocycles. The van der Waals surface area contributed by atoms with Crippen LogP contribution < -0.4 is 5.32 Å². The standard InChI is InChI=1S/C16H15BrN2O3/c1-10-7-13(5-6-14(10)17)19-15(20)9-22-16(21)12-4-3-11(2)18-8-12/h3-8H,9H2,1-2H3,(H,19,20). The van der Waals surface area contributed by atoms with Gasteiger partial charge in [-0.1, -0.05) is 15.9 Å². The van der Waals surface area contributed by atoms with E-state index in [9.17, 15) is 9.59 Å². The summed E-state index contributed by atoms with van der Waals surface area (Å²) in [7, 11) is 0. The van der Waals surface area contributed by atoms with Crippen LogP contribution in [0, 0.1) is 13.8 Å². The number of aromatic nitrogens is 1. The van der Waals surface area contributed by atoms with E-state index in [4.69, 9.17) is 4.74 Å². The van der Waals surface area contributed by atoms with Crippen molar-refractivity contribution in [3.63, 3.8) is 0 Å². The van der Waals surface area contributed by atoms with Crippen molar-refractivity contribution in [2.75, 3.05) is 11.9 Å². The molecular formula is C16H15BrN2O3. The van der Waals surface area contributed by atoms with Crippen LogP contribution in [0.25, 0.3) is 0 Å². The molecule has 0 aliphatic heterocycles. The highest BCUT2D eigenvalue weighted by atomic mass is 79.9. The first-order chi connectivity index (χ1) is 10.5. The lowest BCUT2D eigenvalue weighted by Crippen LogP contribution is -2.21. The van der Waals surface area contributed by atoms with Gasteiger partial charge in [-0.2, -0.15) is 0 Å². The van der Waals surface area contributed by atoms with Gasteiger partial charge in [0.05, 0.1) is 5.56 Å². The second kappa shape index (κ2) is 7.17. The van der Waals surface area contributed by atoms with Crippen molar-refractivity contribution in [2.24, 2.45) is 0 Å². The summed E-state index contributed by atoms with van der Waals surface area (Å²) in [6.07, 6.45) is 1.42. The number of hydrogen-bond donors (Lipinski definition) is 1. The van der Waals surface area contributed by atoms with E-state index in [0.29, 0.717) is 11.3 Å². The van der Waals surface area contributed by atoms with Gasteiger partial charge in [0.2, 0.25) is 0 Å². The average molecular weight is 363 g/mol. The van der Waals surface area contributed by atoms with Crippen LogP contribution >= 0.6 is 15.9 Å². The number of hydrogen-bond acceptors (Lipinski definition) is 4. The number of rotatable bonds is 4. The third kappa shape index (κ3) is 4.39. The Morgan fingerprint density at radius 3 is 2.64 bits per heavy atom. The van der Waals surface area contributed by atoms with Crippen LogP contribution in [-0.2, 0) is 9.53 Å². The van der Waals surface area contributed by atoms with E-state index in [2.05, 4.69) is 26.2 Å². The Labute approximate surface area is 136 Å². The number of carbonyl (C=O) groups is 2. The van der Waals surface area contributed by atoms with Gasteiger partial charge in [-0.15, -0.1) is 0 Å². The fourth-order valence-electron chi connectivity index (χ4n) is 1.72. The van der Waals surface area contributed by atoms with Crippen molar-refractivity contribution in [1.82, 2.24) is 4.98 Å². The second-order valence-corrected chi connectivity index (χ2v) is 5.63. The van der Waals surface area contributed by atoms with Gasteiger partial charge in [-0.3, -0.25) is 9.78 Å². The molecule has 0 fully saturated rings. The maximum Gasteiger partial charge on any atom is 0.340 e. The predicted molar refractivity (Wildman–Crippen MR) is 86.8 cm³/mol. The first-order valence-electron chi connectivity index (χ1n) is 6.61. The quantitative estimate of drug-likeness (QED) is 0.847. The third-order valence-corrected chi connectivity index (χ3v) is 3.81. The summed E-state index contributed by atoms with van der Waals surface area (Å²) in [4.78, 5) is 27.6. The number of nitrogens with one attached hydrogen (secondary N) is 1. The van der Waals surface area contributed by atoms with Gasteiger partial charge < -0.3 is 10.1 Å². The largest absolute Gasteiger partial charge is 0.452 e. The Balaban J connectivity index is 1.88. The molecule has 1 heterocycles. The first-order valence-corrected chi connectivity index (χ1v) is 7.41. The van der Waals surface area contributed by atoms with Gasteiger partial charge >= 0.3 is 5.97 Å². The van der Waals surface area contributed by atoms with Crippen LogP contribution in [0.15, 0.2) is 41.0 Å². The molecule has 0 radical (unpaired) electrons. The predicted octanol–water partition coefficient (Wildman–Crippen LogP) is 3.26. The minimum absolute atomic E-state index is 0.317. The van der Waals surface area contributed by atoms with Crippen molar-refractivity contribution in [3.05, 3.63) is 57.8 Å². The molecule has 0 bridgehead atoms. The summed E-state index contributed by atoms with van der Waals surface area (Å²) in [5.74, 6) is -0.968. The lowest BCUT2D eigenvalue weighted by atomic mass is 10.2. The molecule has 114 valence electrons. The molecule has 0 aliphatic carbocycles. The minimum atomic E-state index is -0.574. The van der Waals surface area contributed by atoms with E-state index in [1.165, 1.54) is 6.20 Å². The summed E-state index contributed by atoms with van der Waals surface area (Å²) in [6, 6.07) is 8.76. The van der Waals surface area contributed by atoms with Crippen LogP contribution in [0.3, 0.4) is 0 Å².